The summed E-state index contributed by atoms with van der Waals surface area (Å²) >= 11 is 0. The van der Waals surface area contributed by atoms with Gasteiger partial charge in [0.25, 0.3) is 0 Å². The third-order valence-corrected chi connectivity index (χ3v) is 3.50. The highest BCUT2D eigenvalue weighted by Crippen LogP contribution is 2.16. The molecule has 0 saturated heterocycles. The predicted molar refractivity (Wildman–Crippen MR) is 88.8 cm³/mol. The van der Waals surface area contributed by atoms with Crippen LogP contribution in [0.4, 0.5) is 5.69 Å². The molecule has 0 aliphatic carbocycles. The van der Waals surface area contributed by atoms with Crippen molar-refractivity contribution < 1.29 is 4.79 Å². The maximum absolute atomic E-state index is 12.1. The van der Waals surface area contributed by atoms with E-state index in [-0.39, 0.29) is 5.91 Å². The third-order valence-electron chi connectivity index (χ3n) is 3.50. The summed E-state index contributed by atoms with van der Waals surface area (Å²) in [7, 11) is 0. The standard InChI is InChI=1S/C18H17N3O/c1-13-6-7-14(2)16(11-13)20-18(22)9-8-15-12-19-17-5-3-4-10-21(15)17/h3-12H,1-2H3,(H,20,22)/b9-8+. The van der Waals surface area contributed by atoms with Crippen LogP contribution in [0.1, 0.15) is 16.8 Å². The van der Waals surface area contributed by atoms with E-state index in [1.807, 2.05) is 60.8 Å². The zero-order valence-electron chi connectivity index (χ0n) is 12.6. The highest BCUT2D eigenvalue weighted by molar-refractivity contribution is 6.02. The molecule has 2 heterocycles. The summed E-state index contributed by atoms with van der Waals surface area (Å²) in [5, 5.41) is 2.91. The quantitative estimate of drug-likeness (QED) is 0.749. The van der Waals surface area contributed by atoms with E-state index >= 15 is 0 Å². The van der Waals surface area contributed by atoms with Crippen LogP contribution in [-0.4, -0.2) is 15.3 Å². The molecule has 3 aromatic rings. The van der Waals surface area contributed by atoms with Gasteiger partial charge in [0.2, 0.25) is 5.91 Å². The lowest BCUT2D eigenvalue weighted by Crippen LogP contribution is -2.09. The van der Waals surface area contributed by atoms with Gasteiger partial charge in [-0.25, -0.2) is 4.98 Å². The molecule has 110 valence electrons. The van der Waals surface area contributed by atoms with E-state index in [0.717, 1.165) is 28.2 Å². The maximum atomic E-state index is 12.1. The third kappa shape index (κ3) is 2.91. The SMILES string of the molecule is Cc1ccc(C)c(NC(=O)/C=C/c2cnc3ccccn23)c1. The summed E-state index contributed by atoms with van der Waals surface area (Å²) < 4.78 is 1.93. The molecule has 1 aromatic carbocycles. The van der Waals surface area contributed by atoms with Crippen LogP contribution in [0.3, 0.4) is 0 Å². The number of nitrogens with one attached hydrogen (secondary N) is 1. The molecule has 4 heteroatoms. The number of pyridine rings is 1. The molecule has 0 aliphatic rings. The maximum Gasteiger partial charge on any atom is 0.248 e. The number of fused-ring (bicyclic) bond motifs is 1. The van der Waals surface area contributed by atoms with E-state index in [1.54, 1.807) is 12.3 Å². The van der Waals surface area contributed by atoms with Crippen molar-refractivity contribution in [3.63, 3.8) is 0 Å². The van der Waals surface area contributed by atoms with Crippen molar-refractivity contribution in [1.29, 1.82) is 0 Å². The summed E-state index contributed by atoms with van der Waals surface area (Å²) in [6.07, 6.45) is 6.96. The highest BCUT2D eigenvalue weighted by Gasteiger charge is 2.03. The Kier molecular flexibility index (Phi) is 3.74. The van der Waals surface area contributed by atoms with Gasteiger partial charge in [-0.15, -0.1) is 0 Å². The molecule has 1 N–H and O–H groups in total. The summed E-state index contributed by atoms with van der Waals surface area (Å²) in [4.78, 5) is 16.4. The van der Waals surface area contributed by atoms with Crippen LogP contribution in [0.25, 0.3) is 11.7 Å². The number of aryl methyl sites for hydroxylation is 2. The smallest absolute Gasteiger partial charge is 0.248 e. The summed E-state index contributed by atoms with van der Waals surface area (Å²) in [5.74, 6) is -0.153. The highest BCUT2D eigenvalue weighted by atomic mass is 16.1. The lowest BCUT2D eigenvalue weighted by atomic mass is 10.1. The van der Waals surface area contributed by atoms with Gasteiger partial charge in [0.05, 0.1) is 11.9 Å². The number of imidazole rings is 1. The molecule has 0 bridgehead atoms. The Bertz CT molecular complexity index is 862. The molecule has 1 amide bonds. The normalized spacial score (nSPS) is 11.2. The number of carbonyl (C=O) groups is 1. The second-order valence-electron chi connectivity index (χ2n) is 5.25. The van der Waals surface area contributed by atoms with Crippen LogP contribution >= 0.6 is 0 Å². The van der Waals surface area contributed by atoms with Crippen LogP contribution in [0.5, 0.6) is 0 Å². The van der Waals surface area contributed by atoms with Crippen molar-refractivity contribution in [1.82, 2.24) is 9.38 Å². The van der Waals surface area contributed by atoms with Crippen LogP contribution in [0.15, 0.2) is 54.9 Å². The number of amides is 1. The Hall–Kier alpha value is -2.88. The molecule has 0 atom stereocenters. The number of aromatic nitrogens is 2. The van der Waals surface area contributed by atoms with E-state index < -0.39 is 0 Å². The molecule has 3 rings (SSSR count). The molecule has 4 nitrogen and oxygen atoms in total. The minimum Gasteiger partial charge on any atom is -0.322 e. The summed E-state index contributed by atoms with van der Waals surface area (Å²) in [6.45, 7) is 3.98. The fourth-order valence-electron chi connectivity index (χ4n) is 2.28. The van der Waals surface area contributed by atoms with E-state index in [1.165, 1.54) is 6.08 Å². The molecule has 0 radical (unpaired) electrons. The van der Waals surface area contributed by atoms with Gasteiger partial charge in [0.15, 0.2) is 0 Å². The molecule has 22 heavy (non-hydrogen) atoms. The van der Waals surface area contributed by atoms with Gasteiger partial charge >= 0.3 is 0 Å². The number of hydrogen-bond donors (Lipinski definition) is 1. The van der Waals surface area contributed by atoms with Gasteiger partial charge in [-0.2, -0.15) is 0 Å². The zero-order chi connectivity index (χ0) is 15.5. The van der Waals surface area contributed by atoms with Crippen molar-refractivity contribution in [2.24, 2.45) is 0 Å². The van der Waals surface area contributed by atoms with Gasteiger partial charge in [0.1, 0.15) is 5.65 Å². The Balaban J connectivity index is 1.78. The second kappa shape index (κ2) is 5.85. The average molecular weight is 291 g/mol. The van der Waals surface area contributed by atoms with E-state index in [9.17, 15) is 4.79 Å². The molecular formula is C18H17N3O. The molecule has 0 spiro atoms. The Morgan fingerprint density at radius 1 is 1.23 bits per heavy atom. The van der Waals surface area contributed by atoms with Crippen molar-refractivity contribution in [2.75, 3.05) is 5.32 Å². The lowest BCUT2D eigenvalue weighted by Gasteiger charge is -2.07. The first-order chi connectivity index (χ1) is 10.6. The first-order valence-corrected chi connectivity index (χ1v) is 7.12. The first kappa shape index (κ1) is 14.1. The van der Waals surface area contributed by atoms with E-state index in [4.69, 9.17) is 0 Å². The predicted octanol–water partition coefficient (Wildman–Crippen LogP) is 3.60. The monoisotopic (exact) mass is 291 g/mol. The number of hydrogen-bond acceptors (Lipinski definition) is 2. The van der Waals surface area contributed by atoms with E-state index in [0.29, 0.717) is 0 Å². The van der Waals surface area contributed by atoms with Crippen LogP contribution in [0.2, 0.25) is 0 Å². The Labute approximate surface area is 129 Å². The van der Waals surface area contributed by atoms with Crippen molar-refractivity contribution >= 4 is 23.3 Å². The largest absolute Gasteiger partial charge is 0.322 e. The molecule has 0 aliphatic heterocycles. The number of carbonyl (C=O) groups excluding carboxylic acids is 1. The second-order valence-corrected chi connectivity index (χ2v) is 5.25. The number of benzene rings is 1. The molecule has 0 fully saturated rings. The summed E-state index contributed by atoms with van der Waals surface area (Å²) in [6, 6.07) is 11.8. The van der Waals surface area contributed by atoms with Gasteiger partial charge in [-0.3, -0.25) is 4.79 Å². The molecule has 0 unspecified atom stereocenters. The summed E-state index contributed by atoms with van der Waals surface area (Å²) in [5.41, 5.74) is 4.73. The van der Waals surface area contributed by atoms with Gasteiger partial charge in [-0.1, -0.05) is 18.2 Å². The minimum atomic E-state index is -0.153. The first-order valence-electron chi connectivity index (χ1n) is 7.12. The Morgan fingerprint density at radius 2 is 2.09 bits per heavy atom. The van der Waals surface area contributed by atoms with Gasteiger partial charge in [0, 0.05) is 18.0 Å². The molecule has 2 aromatic heterocycles. The zero-order valence-corrected chi connectivity index (χ0v) is 12.6. The van der Waals surface area contributed by atoms with E-state index in [2.05, 4.69) is 10.3 Å². The van der Waals surface area contributed by atoms with Gasteiger partial charge < -0.3 is 9.72 Å². The topological polar surface area (TPSA) is 46.4 Å². The fourth-order valence-corrected chi connectivity index (χ4v) is 2.28. The van der Waals surface area contributed by atoms with Crippen molar-refractivity contribution in [2.45, 2.75) is 13.8 Å². The van der Waals surface area contributed by atoms with Crippen LogP contribution in [0, 0.1) is 13.8 Å². The Morgan fingerprint density at radius 3 is 2.95 bits per heavy atom. The molecule has 0 saturated carbocycles. The minimum absolute atomic E-state index is 0.153. The van der Waals surface area contributed by atoms with Crippen LogP contribution in [-0.2, 0) is 4.79 Å². The average Bonchev–Trinajstić information content (AvgIpc) is 2.92. The van der Waals surface area contributed by atoms with Crippen LogP contribution < -0.4 is 5.32 Å². The fraction of sp³-hybridized carbons (Fsp3) is 0.111. The molecular weight excluding hydrogens is 274 g/mol. The number of rotatable bonds is 3. The van der Waals surface area contributed by atoms with Crippen molar-refractivity contribution in [3.8, 4) is 0 Å². The number of anilines is 1. The lowest BCUT2D eigenvalue weighted by molar-refractivity contribution is -0.111. The van der Waals surface area contributed by atoms with Gasteiger partial charge in [-0.05, 0) is 49.2 Å². The number of nitrogens with zero attached hydrogens (tertiary/aromatic N) is 2. The van der Waals surface area contributed by atoms with Crippen molar-refractivity contribution in [3.05, 3.63) is 71.7 Å².